The molecule has 0 fully saturated rings. The molecule has 0 aromatic carbocycles. The van der Waals surface area contributed by atoms with Crippen molar-refractivity contribution in [3.63, 3.8) is 0 Å². The summed E-state index contributed by atoms with van der Waals surface area (Å²) < 4.78 is 25.9. The molecule has 8 heteroatoms. The summed E-state index contributed by atoms with van der Waals surface area (Å²) in [5, 5.41) is -1.04. The average Bonchev–Trinajstić information content (AvgIpc) is 1.79. The van der Waals surface area contributed by atoms with Crippen LogP contribution in [0.4, 0.5) is 0 Å². The highest BCUT2D eigenvalue weighted by atomic mass is 31.2. The Morgan fingerprint density at radius 2 is 1.54 bits per heavy atom. The summed E-state index contributed by atoms with van der Waals surface area (Å²) in [6, 6.07) is 0. The lowest BCUT2D eigenvalue weighted by Gasteiger charge is -2.24. The van der Waals surface area contributed by atoms with Crippen molar-refractivity contribution >= 4 is 15.2 Å². The van der Waals surface area contributed by atoms with E-state index in [1.54, 1.807) is 0 Å². The van der Waals surface area contributed by atoms with Gasteiger partial charge in [-0.1, -0.05) is 0 Å². The third-order valence-electron chi connectivity index (χ3n) is 1.25. The molecule has 0 aliphatic rings. The van der Waals surface area contributed by atoms with E-state index < -0.39 is 26.7 Å². The zero-order valence-corrected chi connectivity index (χ0v) is 9.46. The predicted molar refractivity (Wildman–Crippen MR) is 47.6 cm³/mol. The van der Waals surface area contributed by atoms with Crippen molar-refractivity contribution in [2.45, 2.75) is 25.9 Å². The van der Waals surface area contributed by atoms with E-state index in [4.69, 9.17) is 9.79 Å². The first kappa shape index (κ1) is 13.3. The molecule has 0 bridgehead atoms. The Labute approximate surface area is 76.6 Å². The maximum Gasteiger partial charge on any atom is 0.351 e. The fraction of sp³-hybridized carbons (Fsp3) is 1.00. The summed E-state index contributed by atoms with van der Waals surface area (Å²) >= 11 is 0. The van der Waals surface area contributed by atoms with E-state index in [9.17, 15) is 14.0 Å². The monoisotopic (exact) mass is 232 g/mol. The molecule has 0 aromatic heterocycles. The lowest BCUT2D eigenvalue weighted by molar-refractivity contribution is 0.248. The first-order chi connectivity index (χ1) is 5.46. The molecule has 0 rings (SSSR count). The van der Waals surface area contributed by atoms with E-state index in [1.165, 1.54) is 20.8 Å². The number of hydrogen-bond donors (Lipinski definition) is 3. The van der Waals surface area contributed by atoms with Crippen LogP contribution in [0.15, 0.2) is 0 Å². The van der Waals surface area contributed by atoms with Crippen molar-refractivity contribution in [2.75, 3.05) is 6.35 Å². The largest absolute Gasteiger partial charge is 0.351 e. The molecule has 0 radical (unpaired) electrons. The molecule has 0 aliphatic carbocycles. The third-order valence-corrected chi connectivity index (χ3v) is 4.09. The Balaban J connectivity index is 4.39. The van der Waals surface area contributed by atoms with E-state index in [0.717, 1.165) is 0 Å². The first-order valence-electron chi connectivity index (χ1n) is 3.48. The van der Waals surface area contributed by atoms with Crippen LogP contribution in [-0.2, 0) is 13.7 Å². The highest BCUT2D eigenvalue weighted by Gasteiger charge is 2.37. The van der Waals surface area contributed by atoms with Crippen LogP contribution in [0.5, 0.6) is 0 Å². The van der Waals surface area contributed by atoms with Crippen LogP contribution in [0.2, 0.25) is 0 Å². The molecule has 0 saturated carbocycles. The van der Waals surface area contributed by atoms with Gasteiger partial charge >= 0.3 is 15.2 Å². The van der Waals surface area contributed by atoms with E-state index in [2.05, 4.69) is 4.52 Å². The molecule has 0 heterocycles. The summed E-state index contributed by atoms with van der Waals surface area (Å²) in [4.78, 5) is 26.0. The molecule has 0 spiro atoms. The summed E-state index contributed by atoms with van der Waals surface area (Å²) in [7, 11) is -8.35. The smallest absolute Gasteiger partial charge is 0.324 e. The quantitative estimate of drug-likeness (QED) is 0.630. The second-order valence-corrected chi connectivity index (χ2v) is 7.84. The van der Waals surface area contributed by atoms with Gasteiger partial charge in [-0.15, -0.1) is 0 Å². The van der Waals surface area contributed by atoms with Gasteiger partial charge in [0.2, 0.25) is 0 Å². The van der Waals surface area contributed by atoms with E-state index in [-0.39, 0.29) is 0 Å². The topological polar surface area (TPSA) is 104 Å². The van der Waals surface area contributed by atoms with Crippen LogP contribution in [0.3, 0.4) is 0 Å². The molecule has 0 aliphatic heterocycles. The highest BCUT2D eigenvalue weighted by molar-refractivity contribution is 7.56. The number of rotatable bonds is 3. The SMILES string of the molecule is CC(C)(C)P(=O)(O)OCP(=O)(O)O. The van der Waals surface area contributed by atoms with Gasteiger partial charge in [-0.05, 0) is 20.8 Å². The normalized spacial score (nSPS) is 18.3. The molecule has 6 nitrogen and oxygen atoms in total. The van der Waals surface area contributed by atoms with E-state index in [1.807, 2.05) is 0 Å². The zero-order valence-electron chi connectivity index (χ0n) is 7.67. The molecule has 13 heavy (non-hydrogen) atoms. The van der Waals surface area contributed by atoms with Crippen LogP contribution < -0.4 is 0 Å². The molecular formula is C5H14O6P2. The van der Waals surface area contributed by atoms with Crippen molar-refractivity contribution in [3.8, 4) is 0 Å². The second-order valence-electron chi connectivity index (χ2n) is 3.61. The lowest BCUT2D eigenvalue weighted by Crippen LogP contribution is -2.16. The minimum atomic E-state index is -4.39. The van der Waals surface area contributed by atoms with E-state index in [0.29, 0.717) is 0 Å². The Morgan fingerprint density at radius 1 is 1.15 bits per heavy atom. The van der Waals surface area contributed by atoms with Gasteiger partial charge in [-0.3, -0.25) is 13.7 Å². The average molecular weight is 232 g/mol. The first-order valence-corrected chi connectivity index (χ1v) is 6.85. The van der Waals surface area contributed by atoms with Crippen molar-refractivity contribution in [1.82, 2.24) is 0 Å². The van der Waals surface area contributed by atoms with Crippen molar-refractivity contribution in [2.24, 2.45) is 0 Å². The molecule has 1 atom stereocenters. The van der Waals surface area contributed by atoms with Crippen molar-refractivity contribution in [3.05, 3.63) is 0 Å². The van der Waals surface area contributed by atoms with Crippen molar-refractivity contribution < 1.29 is 28.3 Å². The standard InChI is InChI=1S/C5H14O6P2/c1-5(2,3)13(9,10)11-4-12(6,7)8/h4H2,1-3H3,(H,9,10)(H2,6,7,8). The number of hydrogen-bond acceptors (Lipinski definition) is 3. The van der Waals surface area contributed by atoms with Gasteiger partial charge in [0, 0.05) is 0 Å². The van der Waals surface area contributed by atoms with Crippen LogP contribution in [0.1, 0.15) is 20.8 Å². The second kappa shape index (κ2) is 3.81. The summed E-state index contributed by atoms with van der Waals surface area (Å²) in [5.41, 5.74) is 0. The summed E-state index contributed by atoms with van der Waals surface area (Å²) in [6.45, 7) is 4.36. The molecule has 1 unspecified atom stereocenters. The van der Waals surface area contributed by atoms with Crippen LogP contribution in [-0.4, -0.2) is 26.2 Å². The fourth-order valence-corrected chi connectivity index (χ4v) is 1.96. The summed E-state index contributed by atoms with van der Waals surface area (Å²) in [6.07, 6.45) is -1.03. The Morgan fingerprint density at radius 3 is 1.77 bits per heavy atom. The maximum atomic E-state index is 11.3. The lowest BCUT2D eigenvalue weighted by atomic mass is 10.3. The maximum absolute atomic E-state index is 11.3. The zero-order chi connectivity index (χ0) is 10.9. The molecule has 0 aromatic rings. The Bertz CT molecular complexity index is 261. The molecule has 0 saturated heterocycles. The van der Waals surface area contributed by atoms with Gasteiger partial charge in [0.15, 0.2) is 6.35 Å². The predicted octanol–water partition coefficient (Wildman–Crippen LogP) is 1.12. The van der Waals surface area contributed by atoms with Gasteiger partial charge in [0.1, 0.15) is 0 Å². The Hall–Kier alpha value is 0.300. The molecular weight excluding hydrogens is 218 g/mol. The summed E-state index contributed by atoms with van der Waals surface area (Å²) in [5.74, 6) is 0. The van der Waals surface area contributed by atoms with Gasteiger partial charge in [-0.2, -0.15) is 0 Å². The fourth-order valence-electron chi connectivity index (χ4n) is 0.347. The van der Waals surface area contributed by atoms with Gasteiger partial charge in [0.25, 0.3) is 0 Å². The minimum absolute atomic E-state index is 1.03. The van der Waals surface area contributed by atoms with E-state index >= 15 is 0 Å². The molecule has 3 N–H and O–H groups in total. The minimum Gasteiger partial charge on any atom is -0.324 e. The third kappa shape index (κ3) is 4.91. The highest BCUT2D eigenvalue weighted by Crippen LogP contribution is 2.57. The van der Waals surface area contributed by atoms with Crippen LogP contribution >= 0.6 is 15.2 Å². The van der Waals surface area contributed by atoms with Gasteiger partial charge < -0.3 is 14.7 Å². The van der Waals surface area contributed by atoms with Crippen LogP contribution in [0.25, 0.3) is 0 Å². The molecule has 80 valence electrons. The van der Waals surface area contributed by atoms with Gasteiger partial charge in [0.05, 0.1) is 5.16 Å². The van der Waals surface area contributed by atoms with Gasteiger partial charge in [-0.25, -0.2) is 0 Å². The molecule has 0 amide bonds. The van der Waals surface area contributed by atoms with Crippen molar-refractivity contribution in [1.29, 1.82) is 0 Å². The van der Waals surface area contributed by atoms with Crippen LogP contribution in [0, 0.1) is 0 Å². The Kier molecular flexibility index (Phi) is 3.90.